The minimum atomic E-state index is -0.987. The number of cyclic esters (lactones) is 1. The second kappa shape index (κ2) is 10.3. The first-order valence-electron chi connectivity index (χ1n) is 12.7. The fourth-order valence-corrected chi connectivity index (χ4v) is 5.14. The van der Waals surface area contributed by atoms with Gasteiger partial charge in [0.25, 0.3) is 5.56 Å². The van der Waals surface area contributed by atoms with Crippen LogP contribution in [0, 0.1) is 0 Å². The Balaban J connectivity index is 1.53. The third-order valence-electron chi connectivity index (χ3n) is 6.93. The number of aryl methyl sites for hydroxylation is 1. The van der Waals surface area contributed by atoms with E-state index in [0.29, 0.717) is 25.9 Å². The summed E-state index contributed by atoms with van der Waals surface area (Å²) in [4.78, 5) is 27.1. The molecule has 1 saturated heterocycles. The number of hydrogen-bond donors (Lipinski definition) is 1. The van der Waals surface area contributed by atoms with Crippen LogP contribution in [0.2, 0.25) is 0 Å². The molecule has 4 rings (SSSR count). The van der Waals surface area contributed by atoms with E-state index in [9.17, 15) is 14.7 Å². The molecule has 0 unspecified atom stereocenters. The molecule has 1 aliphatic rings. The molecule has 2 aromatic carbocycles. The zero-order valence-electron chi connectivity index (χ0n) is 21.6. The molecule has 1 amide bonds. The van der Waals surface area contributed by atoms with Gasteiger partial charge in [-0.15, -0.1) is 0 Å². The Labute approximate surface area is 213 Å². The van der Waals surface area contributed by atoms with Gasteiger partial charge in [-0.1, -0.05) is 61.5 Å². The number of aromatic nitrogens is 1. The highest BCUT2D eigenvalue weighted by atomic mass is 16.6. The van der Waals surface area contributed by atoms with Gasteiger partial charge < -0.3 is 19.3 Å². The molecule has 0 spiro atoms. The Kier molecular flexibility index (Phi) is 7.36. The van der Waals surface area contributed by atoms with E-state index in [2.05, 4.69) is 6.92 Å². The molecule has 1 N–H and O–H groups in total. The lowest BCUT2D eigenvalue weighted by Crippen LogP contribution is -2.51. The zero-order valence-corrected chi connectivity index (χ0v) is 21.6. The van der Waals surface area contributed by atoms with Crippen LogP contribution in [0.15, 0.2) is 77.7 Å². The summed E-state index contributed by atoms with van der Waals surface area (Å²) in [5.41, 5.74) is 2.07. The van der Waals surface area contributed by atoms with E-state index in [1.54, 1.807) is 29.4 Å². The molecule has 0 bridgehead atoms. The van der Waals surface area contributed by atoms with E-state index in [4.69, 9.17) is 4.74 Å². The monoisotopic (exact) mass is 488 g/mol. The van der Waals surface area contributed by atoms with Gasteiger partial charge in [0.2, 0.25) is 0 Å². The Bertz CT molecular complexity index is 1240. The van der Waals surface area contributed by atoms with E-state index in [1.165, 1.54) is 0 Å². The number of benzene rings is 2. The number of hydrogen-bond acceptors (Lipinski definition) is 4. The lowest BCUT2D eigenvalue weighted by atomic mass is 9.80. The second-order valence-electron chi connectivity index (χ2n) is 10.4. The van der Waals surface area contributed by atoms with E-state index in [1.807, 2.05) is 73.8 Å². The number of ether oxygens (including phenoxy) is 1. The topological polar surface area (TPSA) is 71.8 Å². The molecule has 2 atom stereocenters. The summed E-state index contributed by atoms with van der Waals surface area (Å²) in [6.45, 7) is 8.76. The van der Waals surface area contributed by atoms with Gasteiger partial charge >= 0.3 is 6.09 Å². The molecule has 0 saturated carbocycles. The normalized spacial score (nSPS) is 19.1. The average molecular weight is 489 g/mol. The lowest BCUT2D eigenvalue weighted by molar-refractivity contribution is -0.101. The third-order valence-corrected chi connectivity index (χ3v) is 6.93. The smallest absolute Gasteiger partial charge is 0.411 e. The van der Waals surface area contributed by atoms with Gasteiger partial charge in [0.05, 0.1) is 11.6 Å². The van der Waals surface area contributed by atoms with Crippen molar-refractivity contribution in [1.29, 1.82) is 0 Å². The maximum atomic E-state index is 13.3. The molecule has 190 valence electrons. The highest BCUT2D eigenvalue weighted by molar-refractivity contribution is 5.70. The van der Waals surface area contributed by atoms with Crippen molar-refractivity contribution in [1.82, 2.24) is 9.47 Å². The molecule has 6 nitrogen and oxygen atoms in total. The Morgan fingerprint density at radius 1 is 1.00 bits per heavy atom. The maximum Gasteiger partial charge on any atom is 0.411 e. The van der Waals surface area contributed by atoms with Crippen LogP contribution < -0.4 is 5.56 Å². The van der Waals surface area contributed by atoms with Crippen LogP contribution in [-0.4, -0.2) is 32.8 Å². The molecule has 0 aliphatic carbocycles. The first-order chi connectivity index (χ1) is 17.1. The molecule has 1 aliphatic heterocycles. The highest BCUT2D eigenvalue weighted by Crippen LogP contribution is 2.42. The molecule has 2 heterocycles. The quantitative estimate of drug-likeness (QED) is 0.429. The molecular formula is C30H36N2O4. The number of carbonyl (C=O) groups is 1. The second-order valence-corrected chi connectivity index (χ2v) is 10.4. The molecule has 1 fully saturated rings. The number of rotatable bonds is 8. The van der Waals surface area contributed by atoms with Crippen LogP contribution in [0.25, 0.3) is 11.1 Å². The van der Waals surface area contributed by atoms with Crippen molar-refractivity contribution in [3.05, 3.63) is 94.4 Å². The number of amides is 1. The van der Waals surface area contributed by atoms with Gasteiger partial charge in [0, 0.05) is 38.2 Å². The van der Waals surface area contributed by atoms with E-state index in [0.717, 1.165) is 28.7 Å². The van der Waals surface area contributed by atoms with Crippen molar-refractivity contribution < 1.29 is 14.6 Å². The summed E-state index contributed by atoms with van der Waals surface area (Å²) in [6, 6.07) is 21.1. The summed E-state index contributed by atoms with van der Waals surface area (Å²) in [5, 5.41) is 10.6. The Morgan fingerprint density at radius 3 is 2.28 bits per heavy atom. The zero-order chi connectivity index (χ0) is 25.9. The molecule has 6 heteroatoms. The Hall–Kier alpha value is -3.38. The molecule has 3 aromatic rings. The summed E-state index contributed by atoms with van der Waals surface area (Å²) in [6.07, 6.45) is 3.34. The lowest BCUT2D eigenvalue weighted by Gasteiger charge is -2.45. The predicted molar refractivity (Wildman–Crippen MR) is 142 cm³/mol. The summed E-state index contributed by atoms with van der Waals surface area (Å²) in [5.74, 6) is 0. The molecule has 0 radical (unpaired) electrons. The van der Waals surface area contributed by atoms with Crippen molar-refractivity contribution in [3.63, 3.8) is 0 Å². The van der Waals surface area contributed by atoms with E-state index < -0.39 is 11.2 Å². The van der Waals surface area contributed by atoms with Crippen molar-refractivity contribution in [3.8, 4) is 11.1 Å². The molecule has 1 aromatic heterocycles. The van der Waals surface area contributed by atoms with Crippen LogP contribution in [-0.2, 0) is 16.9 Å². The minimum absolute atomic E-state index is 0.00520. The van der Waals surface area contributed by atoms with Crippen LogP contribution in [0.3, 0.4) is 0 Å². The molecule has 36 heavy (non-hydrogen) atoms. The number of aliphatic hydroxyl groups is 1. The minimum Gasteiger partial charge on any atom is -0.438 e. The first kappa shape index (κ1) is 25.7. The van der Waals surface area contributed by atoms with Crippen LogP contribution >= 0.6 is 0 Å². The van der Waals surface area contributed by atoms with Gasteiger partial charge in [-0.25, -0.2) is 4.79 Å². The van der Waals surface area contributed by atoms with Gasteiger partial charge in [0.1, 0.15) is 5.60 Å². The van der Waals surface area contributed by atoms with Gasteiger partial charge in [0.15, 0.2) is 0 Å². The number of pyridine rings is 1. The predicted octanol–water partition coefficient (Wildman–Crippen LogP) is 5.89. The van der Waals surface area contributed by atoms with Crippen molar-refractivity contribution in [2.24, 2.45) is 0 Å². The fraction of sp³-hybridized carbons (Fsp3) is 0.400. The number of nitrogens with zero attached hydrogens (tertiary/aromatic N) is 2. The van der Waals surface area contributed by atoms with Crippen LogP contribution in [0.1, 0.15) is 64.1 Å². The standard InChI is InChI=1S/C30H36N2O4/c1-5-18-31-20-25(15-16-27(31)33)24-13-11-23(12-14-24)22(2)32-19-17-30(36-28(32)34,21-29(3,4)35)26-9-7-6-8-10-26/h6-16,20,22,35H,5,17-19,21H2,1-4H3/t22-,30-/m0/s1. The van der Waals surface area contributed by atoms with Crippen molar-refractivity contribution in [2.75, 3.05) is 6.54 Å². The largest absolute Gasteiger partial charge is 0.438 e. The molecular weight excluding hydrogens is 452 g/mol. The van der Waals surface area contributed by atoms with Crippen molar-refractivity contribution in [2.45, 2.75) is 70.7 Å². The average Bonchev–Trinajstić information content (AvgIpc) is 2.85. The number of carbonyl (C=O) groups excluding carboxylic acids is 1. The maximum absolute atomic E-state index is 13.3. The van der Waals surface area contributed by atoms with Crippen molar-refractivity contribution >= 4 is 6.09 Å². The Morgan fingerprint density at radius 2 is 1.67 bits per heavy atom. The summed E-state index contributed by atoms with van der Waals surface area (Å²) >= 11 is 0. The van der Waals surface area contributed by atoms with E-state index >= 15 is 0 Å². The SMILES string of the molecule is CCCn1cc(-c2ccc([C@H](C)N3CC[C@](CC(C)(C)O)(c4ccccc4)OC3=O)cc2)ccc1=O. The third kappa shape index (κ3) is 5.54. The van der Waals surface area contributed by atoms with E-state index in [-0.39, 0.29) is 17.7 Å². The van der Waals surface area contributed by atoms with Crippen LogP contribution in [0.5, 0.6) is 0 Å². The van der Waals surface area contributed by atoms with Gasteiger partial charge in [-0.3, -0.25) is 4.79 Å². The first-order valence-corrected chi connectivity index (χ1v) is 12.7. The van der Waals surface area contributed by atoms with Gasteiger partial charge in [-0.05, 0) is 55.5 Å². The van der Waals surface area contributed by atoms with Crippen LogP contribution in [0.4, 0.5) is 4.79 Å². The van der Waals surface area contributed by atoms with Gasteiger partial charge in [-0.2, -0.15) is 0 Å². The summed E-state index contributed by atoms with van der Waals surface area (Å²) in [7, 11) is 0. The highest BCUT2D eigenvalue weighted by Gasteiger charge is 2.46. The fourth-order valence-electron chi connectivity index (χ4n) is 5.14. The summed E-state index contributed by atoms with van der Waals surface area (Å²) < 4.78 is 7.86.